The summed E-state index contributed by atoms with van der Waals surface area (Å²) >= 11 is 0. The van der Waals surface area contributed by atoms with Crippen LogP contribution in [0, 0.1) is 11.8 Å². The number of nitrogens with one attached hydrogen (secondary N) is 1. The lowest BCUT2D eigenvalue weighted by molar-refractivity contribution is -0.162. The number of carboxylic acids is 1. The highest BCUT2D eigenvalue weighted by molar-refractivity contribution is 5.94. The Morgan fingerprint density at radius 3 is 2.59 bits per heavy atom. The minimum Gasteiger partial charge on any atom is -0.481 e. The van der Waals surface area contributed by atoms with E-state index in [-0.39, 0.29) is 5.92 Å². The van der Waals surface area contributed by atoms with Crippen molar-refractivity contribution in [2.75, 3.05) is 19.7 Å². The number of unbranched alkanes of at least 4 members (excludes halogenated alkanes) is 1. The van der Waals surface area contributed by atoms with E-state index in [9.17, 15) is 9.59 Å². The van der Waals surface area contributed by atoms with Crippen LogP contribution in [0.1, 0.15) is 32.6 Å². The average molecular weight is 243 g/mol. The summed E-state index contributed by atoms with van der Waals surface area (Å²) in [6, 6.07) is 0. The fourth-order valence-corrected chi connectivity index (χ4v) is 2.08. The van der Waals surface area contributed by atoms with Crippen LogP contribution in [0.5, 0.6) is 0 Å². The molecule has 1 aliphatic heterocycles. The summed E-state index contributed by atoms with van der Waals surface area (Å²) in [6.07, 6.45) is 3.16. The van der Waals surface area contributed by atoms with Crippen LogP contribution >= 0.6 is 0 Å². The summed E-state index contributed by atoms with van der Waals surface area (Å²) in [5.41, 5.74) is 0. The summed E-state index contributed by atoms with van der Waals surface area (Å²) in [4.78, 5) is 22.9. The highest BCUT2D eigenvalue weighted by atomic mass is 16.5. The van der Waals surface area contributed by atoms with E-state index in [2.05, 4.69) is 5.32 Å². The predicted molar refractivity (Wildman–Crippen MR) is 62.6 cm³/mol. The van der Waals surface area contributed by atoms with Crippen LogP contribution < -0.4 is 5.32 Å². The first-order chi connectivity index (χ1) is 8.16. The Bertz CT molecular complexity index is 261. The van der Waals surface area contributed by atoms with Gasteiger partial charge in [-0.3, -0.25) is 9.59 Å². The van der Waals surface area contributed by atoms with Crippen LogP contribution in [-0.2, 0) is 14.3 Å². The van der Waals surface area contributed by atoms with Crippen molar-refractivity contribution in [1.29, 1.82) is 0 Å². The molecule has 1 heterocycles. The number of carboxylic acid groups (broad SMARTS) is 1. The summed E-state index contributed by atoms with van der Waals surface area (Å²) in [6.45, 7) is 3.87. The van der Waals surface area contributed by atoms with Crippen molar-refractivity contribution in [2.24, 2.45) is 11.8 Å². The maximum absolute atomic E-state index is 11.7. The van der Waals surface area contributed by atoms with Crippen LogP contribution in [0.3, 0.4) is 0 Å². The number of carbonyl (C=O) groups excluding carboxylic acids is 1. The van der Waals surface area contributed by atoms with Crippen LogP contribution in [0.4, 0.5) is 0 Å². The predicted octanol–water partition coefficient (Wildman–Crippen LogP) is 1.03. The van der Waals surface area contributed by atoms with Gasteiger partial charge in [0.1, 0.15) is 0 Å². The molecule has 0 aromatic rings. The van der Waals surface area contributed by atoms with E-state index in [0.29, 0.717) is 6.61 Å². The van der Waals surface area contributed by atoms with E-state index in [4.69, 9.17) is 9.84 Å². The largest absolute Gasteiger partial charge is 0.481 e. The summed E-state index contributed by atoms with van der Waals surface area (Å²) in [5.74, 6) is -2.71. The fraction of sp³-hybridized carbons (Fsp3) is 0.833. The third kappa shape index (κ3) is 4.34. The molecular weight excluding hydrogens is 222 g/mol. The van der Waals surface area contributed by atoms with Crippen molar-refractivity contribution < 1.29 is 19.4 Å². The molecule has 2 N–H and O–H groups in total. The van der Waals surface area contributed by atoms with Gasteiger partial charge < -0.3 is 15.2 Å². The number of carbonyl (C=O) groups is 2. The maximum atomic E-state index is 11.7. The second-order valence-corrected chi connectivity index (χ2v) is 4.42. The number of rotatable bonds is 6. The van der Waals surface area contributed by atoms with Crippen molar-refractivity contribution in [1.82, 2.24) is 5.32 Å². The van der Waals surface area contributed by atoms with Gasteiger partial charge in [-0.2, -0.15) is 0 Å². The van der Waals surface area contributed by atoms with Gasteiger partial charge in [0.2, 0.25) is 0 Å². The number of esters is 1. The van der Waals surface area contributed by atoms with E-state index in [1.54, 1.807) is 0 Å². The molecule has 1 aliphatic rings. The Balaban J connectivity index is 2.51. The monoisotopic (exact) mass is 243 g/mol. The van der Waals surface area contributed by atoms with Crippen molar-refractivity contribution in [3.05, 3.63) is 0 Å². The summed E-state index contributed by atoms with van der Waals surface area (Å²) < 4.78 is 5.02. The standard InChI is InChI=1S/C12H21NO4/c1-2-3-8-17-12(16)10(11(14)15)9-4-6-13-7-5-9/h9-10,13H,2-8H2,1H3,(H,14,15). The van der Waals surface area contributed by atoms with E-state index < -0.39 is 17.9 Å². The number of piperidine rings is 1. The van der Waals surface area contributed by atoms with Gasteiger partial charge in [-0.15, -0.1) is 0 Å². The number of hydrogen-bond donors (Lipinski definition) is 2. The summed E-state index contributed by atoms with van der Waals surface area (Å²) in [5, 5.41) is 12.3. The smallest absolute Gasteiger partial charge is 0.320 e. The summed E-state index contributed by atoms with van der Waals surface area (Å²) in [7, 11) is 0. The van der Waals surface area contributed by atoms with Crippen LogP contribution in [0.25, 0.3) is 0 Å². The van der Waals surface area contributed by atoms with Crippen LogP contribution in [0.2, 0.25) is 0 Å². The molecule has 1 saturated heterocycles. The van der Waals surface area contributed by atoms with Crippen molar-refractivity contribution in [3.8, 4) is 0 Å². The molecule has 0 radical (unpaired) electrons. The first kappa shape index (κ1) is 14.0. The van der Waals surface area contributed by atoms with Crippen LogP contribution in [-0.4, -0.2) is 36.7 Å². The zero-order chi connectivity index (χ0) is 12.7. The average Bonchev–Trinajstić information content (AvgIpc) is 2.30. The first-order valence-corrected chi connectivity index (χ1v) is 6.27. The van der Waals surface area contributed by atoms with E-state index >= 15 is 0 Å². The van der Waals surface area contributed by atoms with E-state index in [1.165, 1.54) is 0 Å². The molecule has 0 spiro atoms. The van der Waals surface area contributed by atoms with Crippen molar-refractivity contribution >= 4 is 11.9 Å². The molecule has 1 fully saturated rings. The Labute approximate surface area is 102 Å². The van der Waals surface area contributed by atoms with Gasteiger partial charge in [0.15, 0.2) is 5.92 Å². The lowest BCUT2D eigenvalue weighted by Crippen LogP contribution is -2.39. The molecule has 98 valence electrons. The second kappa shape index (κ2) is 7.27. The lowest BCUT2D eigenvalue weighted by Gasteiger charge is -2.26. The zero-order valence-corrected chi connectivity index (χ0v) is 10.3. The quantitative estimate of drug-likeness (QED) is 0.414. The van der Waals surface area contributed by atoms with E-state index in [0.717, 1.165) is 38.8 Å². The molecular formula is C12H21NO4. The SMILES string of the molecule is CCCCOC(=O)C(C(=O)O)C1CCNCC1. The molecule has 0 aromatic carbocycles. The molecule has 0 amide bonds. The highest BCUT2D eigenvalue weighted by Gasteiger charge is 2.36. The van der Waals surface area contributed by atoms with Gasteiger partial charge in [-0.25, -0.2) is 0 Å². The number of ether oxygens (including phenoxy) is 1. The van der Waals surface area contributed by atoms with Crippen molar-refractivity contribution in [2.45, 2.75) is 32.6 Å². The van der Waals surface area contributed by atoms with Gasteiger partial charge in [0.25, 0.3) is 0 Å². The molecule has 17 heavy (non-hydrogen) atoms. The Hall–Kier alpha value is -1.10. The van der Waals surface area contributed by atoms with Gasteiger partial charge in [-0.05, 0) is 38.3 Å². The Kier molecular flexibility index (Phi) is 5.97. The minimum absolute atomic E-state index is 0.0946. The topological polar surface area (TPSA) is 75.6 Å². The maximum Gasteiger partial charge on any atom is 0.320 e. The third-order valence-corrected chi connectivity index (χ3v) is 3.12. The van der Waals surface area contributed by atoms with Gasteiger partial charge in [0, 0.05) is 0 Å². The molecule has 0 aromatic heterocycles. The highest BCUT2D eigenvalue weighted by Crippen LogP contribution is 2.23. The number of hydrogen-bond acceptors (Lipinski definition) is 4. The van der Waals surface area contributed by atoms with Crippen molar-refractivity contribution in [3.63, 3.8) is 0 Å². The molecule has 1 unspecified atom stereocenters. The molecule has 0 saturated carbocycles. The molecule has 5 heteroatoms. The fourth-order valence-electron chi connectivity index (χ4n) is 2.08. The normalized spacial score (nSPS) is 18.6. The van der Waals surface area contributed by atoms with Gasteiger partial charge in [-0.1, -0.05) is 13.3 Å². The Morgan fingerprint density at radius 2 is 2.06 bits per heavy atom. The third-order valence-electron chi connectivity index (χ3n) is 3.12. The molecule has 0 bridgehead atoms. The van der Waals surface area contributed by atoms with Gasteiger partial charge >= 0.3 is 11.9 Å². The zero-order valence-electron chi connectivity index (χ0n) is 10.3. The first-order valence-electron chi connectivity index (χ1n) is 6.27. The number of aliphatic carboxylic acids is 1. The molecule has 1 atom stereocenters. The molecule has 1 rings (SSSR count). The Morgan fingerprint density at radius 1 is 1.41 bits per heavy atom. The van der Waals surface area contributed by atoms with E-state index in [1.807, 2.05) is 6.92 Å². The lowest BCUT2D eigenvalue weighted by atomic mass is 9.85. The molecule has 0 aliphatic carbocycles. The van der Waals surface area contributed by atoms with Crippen LogP contribution in [0.15, 0.2) is 0 Å². The minimum atomic E-state index is -1.06. The van der Waals surface area contributed by atoms with Gasteiger partial charge in [0.05, 0.1) is 6.61 Å². The molecule has 5 nitrogen and oxygen atoms in total. The second-order valence-electron chi connectivity index (χ2n) is 4.42.